The summed E-state index contributed by atoms with van der Waals surface area (Å²) >= 11 is 0. The van der Waals surface area contributed by atoms with E-state index in [9.17, 15) is 13.2 Å². The van der Waals surface area contributed by atoms with E-state index in [4.69, 9.17) is 9.15 Å². The van der Waals surface area contributed by atoms with Gasteiger partial charge in [-0.3, -0.25) is 4.79 Å². The van der Waals surface area contributed by atoms with Gasteiger partial charge in [-0.2, -0.15) is 0 Å². The second kappa shape index (κ2) is 7.56. The van der Waals surface area contributed by atoms with Gasteiger partial charge in [0.15, 0.2) is 12.2 Å². The molecule has 0 unspecified atom stereocenters. The van der Waals surface area contributed by atoms with Gasteiger partial charge in [-0.25, -0.2) is 17.7 Å². The van der Waals surface area contributed by atoms with Crippen LogP contribution in [0, 0.1) is 5.92 Å². The molecule has 0 aliphatic carbocycles. The first kappa shape index (κ1) is 18.6. The first-order valence-corrected chi connectivity index (χ1v) is 9.75. The number of carbonyl (C=O) groups excluding carboxylic acids is 1. The van der Waals surface area contributed by atoms with Crippen LogP contribution in [0.15, 0.2) is 41.3 Å². The third-order valence-corrected chi connectivity index (χ3v) is 6.32. The molecule has 1 N–H and O–H groups in total. The van der Waals surface area contributed by atoms with E-state index in [-0.39, 0.29) is 23.6 Å². The number of aromatic nitrogens is 1. The Kier molecular flexibility index (Phi) is 5.40. The molecule has 0 spiro atoms. The Bertz CT molecular complexity index is 847. The lowest BCUT2D eigenvalue weighted by atomic mass is 10.0. The highest BCUT2D eigenvalue weighted by Crippen LogP contribution is 2.20. The summed E-state index contributed by atoms with van der Waals surface area (Å²) in [7, 11) is -0.370. The quantitative estimate of drug-likeness (QED) is 0.803. The summed E-state index contributed by atoms with van der Waals surface area (Å²) in [5.41, 5.74) is 1.30. The SMILES string of the molecule is CN(C)S(=O)(=O)C[C@@H]1COC[C@@H]1NC(=O)c1ccc(-c2cnco2)cc1. The largest absolute Gasteiger partial charge is 0.444 e. The molecule has 1 aromatic carbocycles. The van der Waals surface area contributed by atoms with Crippen molar-refractivity contribution in [2.45, 2.75) is 6.04 Å². The number of ether oxygens (including phenoxy) is 1. The zero-order valence-corrected chi connectivity index (χ0v) is 15.4. The van der Waals surface area contributed by atoms with Crippen LogP contribution in [0.25, 0.3) is 11.3 Å². The van der Waals surface area contributed by atoms with E-state index in [0.717, 1.165) is 5.56 Å². The van der Waals surface area contributed by atoms with Gasteiger partial charge in [-0.15, -0.1) is 0 Å². The third kappa shape index (κ3) is 4.12. The summed E-state index contributed by atoms with van der Waals surface area (Å²) in [6.45, 7) is 0.609. The first-order valence-electron chi connectivity index (χ1n) is 8.14. The van der Waals surface area contributed by atoms with Crippen molar-refractivity contribution in [1.29, 1.82) is 0 Å². The minimum absolute atomic E-state index is 0.0601. The molecular formula is C17H21N3O5S. The molecule has 26 heavy (non-hydrogen) atoms. The Labute approximate surface area is 152 Å². The maximum absolute atomic E-state index is 12.5. The molecule has 0 radical (unpaired) electrons. The van der Waals surface area contributed by atoms with Gasteiger partial charge in [0.2, 0.25) is 10.0 Å². The maximum atomic E-state index is 12.5. The van der Waals surface area contributed by atoms with E-state index < -0.39 is 10.0 Å². The molecule has 9 heteroatoms. The number of hydrogen-bond acceptors (Lipinski definition) is 6. The van der Waals surface area contributed by atoms with Gasteiger partial charge in [-0.05, 0) is 12.1 Å². The monoisotopic (exact) mass is 379 g/mol. The summed E-state index contributed by atoms with van der Waals surface area (Å²) in [6.07, 6.45) is 2.94. The second-order valence-electron chi connectivity index (χ2n) is 6.38. The minimum atomic E-state index is -3.36. The van der Waals surface area contributed by atoms with Crippen molar-refractivity contribution < 1.29 is 22.4 Å². The van der Waals surface area contributed by atoms with Crippen LogP contribution in [0.2, 0.25) is 0 Å². The van der Waals surface area contributed by atoms with Crippen LogP contribution in [0.1, 0.15) is 10.4 Å². The van der Waals surface area contributed by atoms with Crippen molar-refractivity contribution >= 4 is 15.9 Å². The van der Waals surface area contributed by atoms with Crippen LogP contribution in [0.4, 0.5) is 0 Å². The van der Waals surface area contributed by atoms with Gasteiger partial charge in [0.05, 0.1) is 31.2 Å². The van der Waals surface area contributed by atoms with Gasteiger partial charge in [0, 0.05) is 31.1 Å². The predicted octanol–water partition coefficient (Wildman–Crippen LogP) is 0.978. The molecule has 2 aromatic rings. The molecular weight excluding hydrogens is 358 g/mol. The smallest absolute Gasteiger partial charge is 0.251 e. The fourth-order valence-electron chi connectivity index (χ4n) is 2.74. The summed E-state index contributed by atoms with van der Waals surface area (Å²) in [4.78, 5) is 16.3. The highest BCUT2D eigenvalue weighted by atomic mass is 32.2. The topological polar surface area (TPSA) is 102 Å². The van der Waals surface area contributed by atoms with Crippen LogP contribution in [-0.2, 0) is 14.8 Å². The highest BCUT2D eigenvalue weighted by Gasteiger charge is 2.34. The van der Waals surface area contributed by atoms with Crippen LogP contribution in [0.5, 0.6) is 0 Å². The van der Waals surface area contributed by atoms with Crippen molar-refractivity contribution in [2.75, 3.05) is 33.1 Å². The number of sulfonamides is 1. The Hall–Kier alpha value is -2.23. The average molecular weight is 379 g/mol. The summed E-state index contributed by atoms with van der Waals surface area (Å²) < 4.78 is 36.0. The number of rotatable bonds is 6. The molecule has 0 saturated carbocycles. The van der Waals surface area contributed by atoms with Gasteiger partial charge in [-0.1, -0.05) is 12.1 Å². The summed E-state index contributed by atoms with van der Waals surface area (Å²) in [6, 6.07) is 6.58. The van der Waals surface area contributed by atoms with Gasteiger partial charge in [0.1, 0.15) is 0 Å². The second-order valence-corrected chi connectivity index (χ2v) is 8.61. The third-order valence-electron chi connectivity index (χ3n) is 4.36. The molecule has 3 rings (SSSR count). The number of hydrogen-bond donors (Lipinski definition) is 1. The average Bonchev–Trinajstić information content (AvgIpc) is 3.27. The minimum Gasteiger partial charge on any atom is -0.444 e. The standard InChI is InChI=1S/C17H21N3O5S/c1-20(2)26(22,23)10-14-8-24-9-15(14)19-17(21)13-5-3-12(4-6-13)16-7-18-11-25-16/h3-7,11,14-15H,8-10H2,1-2H3,(H,19,21)/t14-,15-/m0/s1. The maximum Gasteiger partial charge on any atom is 0.251 e. The Balaban J connectivity index is 1.65. The predicted molar refractivity (Wildman–Crippen MR) is 95.0 cm³/mol. The van der Waals surface area contributed by atoms with Gasteiger partial charge < -0.3 is 14.5 Å². The number of nitrogens with one attached hydrogen (secondary N) is 1. The van der Waals surface area contributed by atoms with Crippen LogP contribution >= 0.6 is 0 Å². The fraction of sp³-hybridized carbons (Fsp3) is 0.412. The van der Waals surface area contributed by atoms with E-state index >= 15 is 0 Å². The van der Waals surface area contributed by atoms with E-state index in [1.165, 1.54) is 24.8 Å². The Morgan fingerprint density at radius 1 is 1.27 bits per heavy atom. The van der Waals surface area contributed by atoms with Gasteiger partial charge in [0.25, 0.3) is 5.91 Å². The molecule has 2 atom stereocenters. The number of oxazole rings is 1. The van der Waals surface area contributed by atoms with E-state index in [1.807, 2.05) is 0 Å². The van der Waals surface area contributed by atoms with Crippen molar-refractivity contribution in [1.82, 2.24) is 14.6 Å². The molecule has 1 aromatic heterocycles. The van der Waals surface area contributed by atoms with Crippen molar-refractivity contribution in [2.24, 2.45) is 5.92 Å². The van der Waals surface area contributed by atoms with Crippen LogP contribution in [0.3, 0.4) is 0 Å². The molecule has 1 aliphatic rings. The Morgan fingerprint density at radius 2 is 2.00 bits per heavy atom. The van der Waals surface area contributed by atoms with Gasteiger partial charge >= 0.3 is 0 Å². The zero-order valence-electron chi connectivity index (χ0n) is 14.6. The molecule has 1 saturated heterocycles. The molecule has 1 fully saturated rings. The van der Waals surface area contributed by atoms with E-state index in [2.05, 4.69) is 10.3 Å². The summed E-state index contributed by atoms with van der Waals surface area (Å²) in [5, 5.41) is 2.88. The molecule has 2 heterocycles. The molecule has 140 valence electrons. The number of benzene rings is 1. The molecule has 8 nitrogen and oxygen atoms in total. The number of carbonyl (C=O) groups is 1. The summed E-state index contributed by atoms with van der Waals surface area (Å²) in [5.74, 6) is 0.0156. The zero-order chi connectivity index (χ0) is 18.7. The molecule has 0 bridgehead atoms. The lowest BCUT2D eigenvalue weighted by molar-refractivity contribution is 0.0926. The molecule has 1 amide bonds. The highest BCUT2D eigenvalue weighted by molar-refractivity contribution is 7.89. The van der Waals surface area contributed by atoms with Crippen molar-refractivity contribution in [3.8, 4) is 11.3 Å². The normalized spacial score (nSPS) is 20.4. The van der Waals surface area contributed by atoms with E-state index in [0.29, 0.717) is 24.5 Å². The number of amides is 1. The number of nitrogens with zero attached hydrogens (tertiary/aromatic N) is 2. The fourth-order valence-corrected chi connectivity index (χ4v) is 3.91. The van der Waals surface area contributed by atoms with Crippen molar-refractivity contribution in [3.05, 3.63) is 42.4 Å². The first-order chi connectivity index (χ1) is 12.4. The lowest BCUT2D eigenvalue weighted by Gasteiger charge is -2.21. The van der Waals surface area contributed by atoms with Crippen LogP contribution < -0.4 is 5.32 Å². The van der Waals surface area contributed by atoms with Crippen LogP contribution in [-0.4, -0.2) is 62.7 Å². The lowest BCUT2D eigenvalue weighted by Crippen LogP contribution is -2.43. The molecule has 1 aliphatic heterocycles. The Morgan fingerprint density at radius 3 is 2.62 bits per heavy atom. The van der Waals surface area contributed by atoms with E-state index in [1.54, 1.807) is 30.5 Å². The van der Waals surface area contributed by atoms with Crippen molar-refractivity contribution in [3.63, 3.8) is 0 Å².